The number of carbonyl (C=O) groups is 1. The van der Waals surface area contributed by atoms with Gasteiger partial charge in [0, 0.05) is 31.2 Å². The second-order valence-corrected chi connectivity index (χ2v) is 8.94. The van der Waals surface area contributed by atoms with Gasteiger partial charge in [0.1, 0.15) is 18.2 Å². The summed E-state index contributed by atoms with van der Waals surface area (Å²) in [5.41, 5.74) is 3.29. The van der Waals surface area contributed by atoms with Crippen molar-refractivity contribution in [2.75, 3.05) is 46.1 Å². The van der Waals surface area contributed by atoms with E-state index in [0.29, 0.717) is 35.4 Å². The van der Waals surface area contributed by atoms with Crippen LogP contribution in [0.3, 0.4) is 0 Å². The van der Waals surface area contributed by atoms with Crippen LogP contribution in [0.15, 0.2) is 36.1 Å². The molecule has 32 heavy (non-hydrogen) atoms. The molecule has 3 heterocycles. The average Bonchev–Trinajstić information content (AvgIpc) is 3.12. The van der Waals surface area contributed by atoms with E-state index in [9.17, 15) is 4.79 Å². The second-order valence-electron chi connectivity index (χ2n) is 8.50. The first kappa shape index (κ1) is 21.5. The van der Waals surface area contributed by atoms with Crippen LogP contribution in [0.25, 0.3) is 6.08 Å². The van der Waals surface area contributed by atoms with Gasteiger partial charge in [0.25, 0.3) is 0 Å². The Hall–Kier alpha value is -2.38. The van der Waals surface area contributed by atoms with E-state index in [-0.39, 0.29) is 5.78 Å². The third-order valence-corrected chi connectivity index (χ3v) is 6.42. The fraction of sp³-hybridized carbons (Fsp3) is 0.400. The first-order chi connectivity index (χ1) is 15.6. The number of hydrogen-bond donors (Lipinski definition) is 0. The number of ketones is 1. The quantitative estimate of drug-likeness (QED) is 0.633. The molecule has 6 nitrogen and oxygen atoms in total. The minimum absolute atomic E-state index is 0.0929. The van der Waals surface area contributed by atoms with Crippen molar-refractivity contribution in [3.05, 3.63) is 63.4 Å². The minimum Gasteiger partial charge on any atom is -0.478 e. The Kier molecular flexibility index (Phi) is 6.20. The van der Waals surface area contributed by atoms with Crippen LogP contribution in [0.2, 0.25) is 5.02 Å². The van der Waals surface area contributed by atoms with E-state index in [0.717, 1.165) is 68.3 Å². The van der Waals surface area contributed by atoms with Crippen LogP contribution in [-0.4, -0.2) is 61.7 Å². The van der Waals surface area contributed by atoms with Gasteiger partial charge in [-0.15, -0.1) is 0 Å². The van der Waals surface area contributed by atoms with Crippen LogP contribution in [0, 0.1) is 6.92 Å². The van der Waals surface area contributed by atoms with Crippen molar-refractivity contribution >= 4 is 23.5 Å². The summed E-state index contributed by atoms with van der Waals surface area (Å²) in [6.07, 6.45) is 2.82. The van der Waals surface area contributed by atoms with Gasteiger partial charge in [-0.25, -0.2) is 0 Å². The summed E-state index contributed by atoms with van der Waals surface area (Å²) in [7, 11) is 0. The molecule has 0 radical (unpaired) electrons. The lowest BCUT2D eigenvalue weighted by Crippen LogP contribution is -2.39. The molecule has 0 atom stereocenters. The van der Waals surface area contributed by atoms with Gasteiger partial charge >= 0.3 is 0 Å². The SMILES string of the molecule is Cc1cc2c(c3c1C(=O)/C(=C/c1cccc(Cl)c1)O3)CN(CCCN1CCOCC1)CO2. The van der Waals surface area contributed by atoms with Crippen LogP contribution in [0.1, 0.15) is 33.5 Å². The topological polar surface area (TPSA) is 51.2 Å². The maximum atomic E-state index is 13.1. The number of aryl methyl sites for hydroxylation is 1. The lowest BCUT2D eigenvalue weighted by Gasteiger charge is -2.31. The van der Waals surface area contributed by atoms with Gasteiger partial charge in [0.2, 0.25) is 5.78 Å². The average molecular weight is 455 g/mol. The minimum atomic E-state index is -0.0929. The fourth-order valence-electron chi connectivity index (χ4n) is 4.51. The van der Waals surface area contributed by atoms with Gasteiger partial charge in [-0.1, -0.05) is 23.7 Å². The Morgan fingerprint density at radius 2 is 1.94 bits per heavy atom. The molecule has 168 valence electrons. The van der Waals surface area contributed by atoms with Crippen LogP contribution in [0.4, 0.5) is 0 Å². The number of Topliss-reactive ketones (excluding diaryl/α,β-unsaturated/α-hetero) is 1. The number of allylic oxidation sites excluding steroid dienone is 1. The Balaban J connectivity index is 1.32. The van der Waals surface area contributed by atoms with Crippen LogP contribution >= 0.6 is 11.6 Å². The summed E-state index contributed by atoms with van der Waals surface area (Å²) >= 11 is 6.10. The van der Waals surface area contributed by atoms with Gasteiger partial charge in [-0.3, -0.25) is 14.6 Å². The molecule has 0 aliphatic carbocycles. The summed E-state index contributed by atoms with van der Waals surface area (Å²) < 4.78 is 17.6. The molecule has 0 aromatic heterocycles. The monoisotopic (exact) mass is 454 g/mol. The van der Waals surface area contributed by atoms with Gasteiger partial charge in [-0.05, 0) is 55.3 Å². The zero-order valence-corrected chi connectivity index (χ0v) is 19.0. The summed E-state index contributed by atoms with van der Waals surface area (Å²) in [6.45, 7) is 8.82. The smallest absolute Gasteiger partial charge is 0.232 e. The molecular weight excluding hydrogens is 428 g/mol. The fourth-order valence-corrected chi connectivity index (χ4v) is 4.71. The van der Waals surface area contributed by atoms with Gasteiger partial charge in [-0.2, -0.15) is 0 Å². The van der Waals surface area contributed by atoms with Crippen molar-refractivity contribution in [2.45, 2.75) is 19.9 Å². The predicted molar refractivity (Wildman–Crippen MR) is 123 cm³/mol. The molecule has 2 aromatic carbocycles. The standard InChI is InChI=1S/C25H27ClN2O4/c1-17-12-21-20(15-28(16-31-21)7-3-6-27-8-10-30-11-9-27)25-23(17)24(29)22(32-25)14-18-4-2-5-19(26)13-18/h2,4-5,12-14H,3,6-11,15-16H2,1H3/b22-14-. The third kappa shape index (κ3) is 4.41. The molecule has 0 N–H and O–H groups in total. The summed E-state index contributed by atoms with van der Waals surface area (Å²) in [6, 6.07) is 9.34. The molecule has 0 saturated carbocycles. The Morgan fingerprint density at radius 3 is 2.75 bits per heavy atom. The van der Waals surface area contributed by atoms with Crippen molar-refractivity contribution in [3.8, 4) is 11.5 Å². The summed E-state index contributed by atoms with van der Waals surface area (Å²) in [4.78, 5) is 17.8. The Morgan fingerprint density at radius 1 is 1.12 bits per heavy atom. The van der Waals surface area contributed by atoms with Crippen molar-refractivity contribution < 1.29 is 19.0 Å². The highest BCUT2D eigenvalue weighted by Gasteiger charge is 2.35. The number of rotatable bonds is 5. The van der Waals surface area contributed by atoms with Crippen LogP contribution in [-0.2, 0) is 11.3 Å². The molecule has 2 aromatic rings. The van der Waals surface area contributed by atoms with Gasteiger partial charge in [0.05, 0.1) is 24.3 Å². The lowest BCUT2D eigenvalue weighted by molar-refractivity contribution is 0.0329. The number of nitrogens with zero attached hydrogens (tertiary/aromatic N) is 2. The van der Waals surface area contributed by atoms with E-state index in [4.69, 9.17) is 25.8 Å². The van der Waals surface area contributed by atoms with E-state index < -0.39 is 0 Å². The highest BCUT2D eigenvalue weighted by atomic mass is 35.5. The number of ether oxygens (including phenoxy) is 3. The van der Waals surface area contributed by atoms with Crippen molar-refractivity contribution in [1.29, 1.82) is 0 Å². The summed E-state index contributed by atoms with van der Waals surface area (Å²) in [5.74, 6) is 1.67. The number of halogens is 1. The molecule has 1 saturated heterocycles. The van der Waals surface area contributed by atoms with Crippen LogP contribution in [0.5, 0.6) is 11.5 Å². The molecule has 0 amide bonds. The third-order valence-electron chi connectivity index (χ3n) is 6.19. The highest BCUT2D eigenvalue weighted by molar-refractivity contribution is 6.30. The Bertz CT molecular complexity index is 1060. The number of morpholine rings is 1. The molecular formula is C25H27ClN2O4. The normalized spacial score (nSPS) is 20.1. The van der Waals surface area contributed by atoms with Crippen molar-refractivity contribution in [2.24, 2.45) is 0 Å². The predicted octanol–water partition coefficient (Wildman–Crippen LogP) is 4.14. The second kappa shape index (κ2) is 9.24. The van der Waals surface area contributed by atoms with E-state index in [1.54, 1.807) is 12.1 Å². The first-order valence-corrected chi connectivity index (χ1v) is 11.5. The largest absolute Gasteiger partial charge is 0.478 e. The van der Waals surface area contributed by atoms with E-state index in [1.807, 2.05) is 31.2 Å². The number of fused-ring (bicyclic) bond motifs is 3. The summed E-state index contributed by atoms with van der Waals surface area (Å²) in [5, 5.41) is 0.622. The zero-order chi connectivity index (χ0) is 22.1. The molecule has 0 spiro atoms. The first-order valence-electron chi connectivity index (χ1n) is 11.1. The van der Waals surface area contributed by atoms with Crippen molar-refractivity contribution in [3.63, 3.8) is 0 Å². The Labute approximate surface area is 193 Å². The van der Waals surface area contributed by atoms with Gasteiger partial charge in [0.15, 0.2) is 5.76 Å². The molecule has 7 heteroatoms. The maximum Gasteiger partial charge on any atom is 0.232 e. The van der Waals surface area contributed by atoms with E-state index >= 15 is 0 Å². The molecule has 3 aliphatic heterocycles. The molecule has 0 bridgehead atoms. The van der Waals surface area contributed by atoms with Crippen molar-refractivity contribution in [1.82, 2.24) is 9.80 Å². The van der Waals surface area contributed by atoms with Crippen LogP contribution < -0.4 is 9.47 Å². The molecule has 3 aliphatic rings. The molecule has 0 unspecified atom stereocenters. The molecule has 5 rings (SSSR count). The van der Waals surface area contributed by atoms with Gasteiger partial charge < -0.3 is 14.2 Å². The maximum absolute atomic E-state index is 13.1. The zero-order valence-electron chi connectivity index (χ0n) is 18.2. The van der Waals surface area contributed by atoms with E-state index in [2.05, 4.69) is 9.80 Å². The number of hydrogen-bond acceptors (Lipinski definition) is 6. The lowest BCUT2D eigenvalue weighted by atomic mass is 9.98. The highest BCUT2D eigenvalue weighted by Crippen LogP contribution is 2.44. The number of benzene rings is 2. The number of carbonyl (C=O) groups excluding carboxylic acids is 1. The van der Waals surface area contributed by atoms with E-state index in [1.165, 1.54) is 0 Å². The molecule has 1 fully saturated rings.